The molecule has 7 nitrogen and oxygen atoms in total. The minimum Gasteiger partial charge on any atom is -0.350 e. The monoisotopic (exact) mass is 435 g/mol. The molecule has 0 fully saturated rings. The van der Waals surface area contributed by atoms with E-state index in [0.29, 0.717) is 36.2 Å². The third-order valence-corrected chi connectivity index (χ3v) is 6.25. The molecule has 33 heavy (non-hydrogen) atoms. The summed E-state index contributed by atoms with van der Waals surface area (Å²) in [5.74, 6) is 0.513. The number of aromatic nitrogens is 4. The number of hydrogen-bond donors (Lipinski definition) is 1. The number of carbonyl (C=O) groups excluding carboxylic acids is 1. The lowest BCUT2D eigenvalue weighted by atomic mass is 10.0. The highest BCUT2D eigenvalue weighted by molar-refractivity contribution is 5.93. The zero-order valence-corrected chi connectivity index (χ0v) is 17.9. The number of nitrogens with one attached hydrogen (secondary N) is 1. The van der Waals surface area contributed by atoms with Crippen molar-refractivity contribution in [1.29, 1.82) is 0 Å². The summed E-state index contributed by atoms with van der Waals surface area (Å²) in [5.41, 5.74) is 4.51. The van der Waals surface area contributed by atoms with Gasteiger partial charge in [-0.1, -0.05) is 36.4 Å². The van der Waals surface area contributed by atoms with Crippen LogP contribution >= 0.6 is 0 Å². The summed E-state index contributed by atoms with van der Waals surface area (Å²) < 4.78 is 3.74. The van der Waals surface area contributed by atoms with Crippen molar-refractivity contribution in [1.82, 2.24) is 24.4 Å². The van der Waals surface area contributed by atoms with Crippen LogP contribution in [0.2, 0.25) is 0 Å². The number of para-hydroxylation sites is 2. The summed E-state index contributed by atoms with van der Waals surface area (Å²) in [6, 6.07) is 19.3. The van der Waals surface area contributed by atoms with E-state index in [-0.39, 0.29) is 18.0 Å². The molecule has 0 aliphatic carbocycles. The van der Waals surface area contributed by atoms with E-state index in [4.69, 9.17) is 4.98 Å². The zero-order valence-electron chi connectivity index (χ0n) is 17.9. The standard InChI is InChI=1S/C26H21N5O2/c32-23(28-15-17-6-5-12-27-14-17)16-31-22-10-4-2-7-18(22)19-11-13-30-25(24(19)31)29-21-9-3-1-8-20(21)26(30)33/h1-10,12,14H,11,13,15-16H2,(H,28,32). The molecule has 0 radical (unpaired) electrons. The zero-order chi connectivity index (χ0) is 22.4. The smallest absolute Gasteiger partial charge is 0.261 e. The molecule has 1 amide bonds. The lowest BCUT2D eigenvalue weighted by Gasteiger charge is -2.21. The van der Waals surface area contributed by atoms with E-state index in [1.54, 1.807) is 17.0 Å². The van der Waals surface area contributed by atoms with Gasteiger partial charge in [-0.05, 0) is 41.8 Å². The third kappa shape index (κ3) is 3.20. The van der Waals surface area contributed by atoms with Crippen LogP contribution in [0.1, 0.15) is 11.1 Å². The van der Waals surface area contributed by atoms with Crippen molar-refractivity contribution in [3.8, 4) is 11.5 Å². The molecule has 4 heterocycles. The fourth-order valence-electron chi connectivity index (χ4n) is 4.73. The van der Waals surface area contributed by atoms with Crippen LogP contribution in [0.15, 0.2) is 77.9 Å². The van der Waals surface area contributed by atoms with Gasteiger partial charge in [0.2, 0.25) is 5.91 Å². The molecule has 0 unspecified atom stereocenters. The van der Waals surface area contributed by atoms with Crippen molar-refractivity contribution >= 4 is 27.7 Å². The molecule has 2 aromatic carbocycles. The van der Waals surface area contributed by atoms with Gasteiger partial charge in [-0.15, -0.1) is 0 Å². The van der Waals surface area contributed by atoms with Crippen molar-refractivity contribution in [2.75, 3.05) is 0 Å². The van der Waals surface area contributed by atoms with E-state index in [1.165, 1.54) is 0 Å². The van der Waals surface area contributed by atoms with Gasteiger partial charge in [-0.25, -0.2) is 4.98 Å². The topological polar surface area (TPSA) is 81.8 Å². The molecule has 0 saturated carbocycles. The van der Waals surface area contributed by atoms with Crippen LogP contribution in [0.4, 0.5) is 0 Å². The molecule has 1 aliphatic heterocycles. The summed E-state index contributed by atoms with van der Waals surface area (Å²) in [6.45, 7) is 1.12. The van der Waals surface area contributed by atoms with Crippen LogP contribution in [0, 0.1) is 0 Å². The summed E-state index contributed by atoms with van der Waals surface area (Å²) in [5, 5.41) is 4.70. The highest BCUT2D eigenvalue weighted by Gasteiger charge is 2.27. The van der Waals surface area contributed by atoms with Crippen molar-refractivity contribution in [3.63, 3.8) is 0 Å². The van der Waals surface area contributed by atoms with E-state index in [2.05, 4.69) is 16.4 Å². The minimum absolute atomic E-state index is 0.0425. The molecule has 0 atom stereocenters. The molecule has 1 N–H and O–H groups in total. The Balaban J connectivity index is 1.47. The molecule has 0 spiro atoms. The normalized spacial score (nSPS) is 12.5. The van der Waals surface area contributed by atoms with E-state index in [9.17, 15) is 9.59 Å². The molecule has 1 aliphatic rings. The number of amides is 1. The minimum atomic E-state index is -0.109. The number of carbonyl (C=O) groups is 1. The van der Waals surface area contributed by atoms with Gasteiger partial charge in [0.25, 0.3) is 5.56 Å². The highest BCUT2D eigenvalue weighted by atomic mass is 16.2. The maximum Gasteiger partial charge on any atom is 0.261 e. The number of fused-ring (bicyclic) bond motifs is 6. The average Bonchev–Trinajstić information content (AvgIpc) is 3.17. The van der Waals surface area contributed by atoms with Crippen LogP contribution in [-0.2, 0) is 30.8 Å². The fourth-order valence-corrected chi connectivity index (χ4v) is 4.73. The van der Waals surface area contributed by atoms with Crippen LogP contribution in [0.5, 0.6) is 0 Å². The van der Waals surface area contributed by atoms with E-state index < -0.39 is 0 Å². The first-order chi connectivity index (χ1) is 16.2. The Morgan fingerprint density at radius 2 is 1.82 bits per heavy atom. The molecule has 3 aromatic heterocycles. The maximum absolute atomic E-state index is 13.2. The van der Waals surface area contributed by atoms with Gasteiger partial charge < -0.3 is 9.88 Å². The fraction of sp³-hybridized carbons (Fsp3) is 0.154. The Kier molecular flexibility index (Phi) is 4.54. The van der Waals surface area contributed by atoms with Crippen LogP contribution < -0.4 is 10.9 Å². The second-order valence-corrected chi connectivity index (χ2v) is 8.23. The van der Waals surface area contributed by atoms with Crippen molar-refractivity contribution in [2.24, 2.45) is 0 Å². The van der Waals surface area contributed by atoms with Gasteiger partial charge in [0.15, 0.2) is 5.82 Å². The van der Waals surface area contributed by atoms with Crippen LogP contribution in [0.3, 0.4) is 0 Å². The molecular formula is C26H21N5O2. The summed E-state index contributed by atoms with van der Waals surface area (Å²) in [6.07, 6.45) is 4.16. The SMILES string of the molecule is O=C(Cn1c2c(c3ccccc31)CCn1c-2nc2ccccc2c1=O)NCc1cccnc1. The Labute approximate surface area is 189 Å². The number of hydrogen-bond acceptors (Lipinski definition) is 4. The van der Waals surface area contributed by atoms with Crippen LogP contribution in [-0.4, -0.2) is 25.0 Å². The van der Waals surface area contributed by atoms with Gasteiger partial charge in [0.1, 0.15) is 6.54 Å². The Morgan fingerprint density at radius 1 is 1.00 bits per heavy atom. The third-order valence-electron chi connectivity index (χ3n) is 6.25. The number of benzene rings is 2. The summed E-state index contributed by atoms with van der Waals surface area (Å²) in [4.78, 5) is 35.2. The molecule has 0 saturated heterocycles. The Morgan fingerprint density at radius 3 is 2.67 bits per heavy atom. The van der Waals surface area contributed by atoms with Crippen molar-refractivity contribution in [3.05, 3.63) is 94.5 Å². The molecule has 7 heteroatoms. The number of pyridine rings is 1. The van der Waals surface area contributed by atoms with E-state index in [0.717, 1.165) is 27.7 Å². The molecule has 5 aromatic rings. The van der Waals surface area contributed by atoms with E-state index >= 15 is 0 Å². The first kappa shape index (κ1) is 19.4. The predicted octanol–water partition coefficient (Wildman–Crippen LogP) is 3.29. The largest absolute Gasteiger partial charge is 0.350 e. The summed E-state index contributed by atoms with van der Waals surface area (Å²) >= 11 is 0. The van der Waals surface area contributed by atoms with Gasteiger partial charge in [-0.3, -0.25) is 19.1 Å². The molecule has 0 bridgehead atoms. The van der Waals surface area contributed by atoms with Gasteiger partial charge in [-0.2, -0.15) is 0 Å². The Hall–Kier alpha value is -4.26. The number of nitrogens with zero attached hydrogens (tertiary/aromatic N) is 4. The highest BCUT2D eigenvalue weighted by Crippen LogP contribution is 2.36. The van der Waals surface area contributed by atoms with Gasteiger partial charge in [0.05, 0.1) is 16.6 Å². The lowest BCUT2D eigenvalue weighted by molar-refractivity contribution is -0.121. The second-order valence-electron chi connectivity index (χ2n) is 8.23. The summed E-state index contributed by atoms with van der Waals surface area (Å²) in [7, 11) is 0. The predicted molar refractivity (Wildman–Crippen MR) is 127 cm³/mol. The van der Waals surface area contributed by atoms with Crippen molar-refractivity contribution in [2.45, 2.75) is 26.1 Å². The first-order valence-electron chi connectivity index (χ1n) is 11.0. The van der Waals surface area contributed by atoms with Gasteiger partial charge >= 0.3 is 0 Å². The Bertz CT molecular complexity index is 1580. The quantitative estimate of drug-likeness (QED) is 0.470. The molecular weight excluding hydrogens is 414 g/mol. The van der Waals surface area contributed by atoms with E-state index in [1.807, 2.05) is 59.2 Å². The first-order valence-corrected chi connectivity index (χ1v) is 11.0. The van der Waals surface area contributed by atoms with Crippen molar-refractivity contribution < 1.29 is 4.79 Å². The number of rotatable bonds is 4. The molecule has 162 valence electrons. The van der Waals surface area contributed by atoms with Crippen LogP contribution in [0.25, 0.3) is 33.3 Å². The average molecular weight is 435 g/mol. The maximum atomic E-state index is 13.2. The van der Waals surface area contributed by atoms with Gasteiger partial charge in [0, 0.05) is 36.4 Å². The second kappa shape index (κ2) is 7.70. The molecule has 6 rings (SSSR count). The lowest BCUT2D eigenvalue weighted by Crippen LogP contribution is -2.30. The number of aryl methyl sites for hydroxylation is 1.